The Morgan fingerprint density at radius 3 is 2.85 bits per heavy atom. The second-order valence-electron chi connectivity index (χ2n) is 5.02. The Morgan fingerprint density at radius 1 is 1.25 bits per heavy atom. The molecule has 1 aliphatic carbocycles. The lowest BCUT2D eigenvalue weighted by Gasteiger charge is -2.22. The van der Waals surface area contributed by atoms with Crippen molar-refractivity contribution in [2.75, 3.05) is 0 Å². The Balaban J connectivity index is 1.94. The summed E-state index contributed by atoms with van der Waals surface area (Å²) in [5.74, 6) is 0.0657. The molecule has 0 aromatic heterocycles. The number of nitrogens with one attached hydrogen (secondary N) is 1. The highest BCUT2D eigenvalue weighted by Crippen LogP contribution is 2.33. The molecular formula is C18H17NO. The molecule has 0 spiro atoms. The van der Waals surface area contributed by atoms with E-state index in [9.17, 15) is 4.79 Å². The molecule has 0 saturated carbocycles. The van der Waals surface area contributed by atoms with E-state index in [1.54, 1.807) is 6.08 Å². The molecule has 2 aromatic rings. The molecule has 2 nitrogen and oxygen atoms in total. The van der Waals surface area contributed by atoms with Crippen molar-refractivity contribution in [3.63, 3.8) is 0 Å². The number of benzene rings is 2. The lowest BCUT2D eigenvalue weighted by Crippen LogP contribution is -2.27. The Bertz CT molecular complexity index is 694. The van der Waals surface area contributed by atoms with Crippen LogP contribution in [-0.4, -0.2) is 5.91 Å². The fourth-order valence-electron chi connectivity index (χ4n) is 2.71. The first-order chi connectivity index (χ1) is 9.79. The summed E-state index contributed by atoms with van der Waals surface area (Å²) < 4.78 is 0. The Morgan fingerprint density at radius 2 is 2.05 bits per heavy atom. The number of carbonyl (C=O) groups is 1. The Kier molecular flexibility index (Phi) is 3.38. The van der Waals surface area contributed by atoms with E-state index in [0.717, 1.165) is 0 Å². The Hall–Kier alpha value is -2.35. The zero-order valence-corrected chi connectivity index (χ0v) is 11.3. The van der Waals surface area contributed by atoms with Gasteiger partial charge < -0.3 is 5.32 Å². The van der Waals surface area contributed by atoms with Gasteiger partial charge >= 0.3 is 0 Å². The second-order valence-corrected chi connectivity index (χ2v) is 5.02. The SMILES string of the molecule is C=CCCC(=O)NC1C=Cc2cccc3cccc1c23. The van der Waals surface area contributed by atoms with Gasteiger partial charge in [-0.15, -0.1) is 6.58 Å². The van der Waals surface area contributed by atoms with Crippen molar-refractivity contribution < 1.29 is 4.79 Å². The lowest BCUT2D eigenvalue weighted by atomic mass is 9.90. The molecule has 2 aromatic carbocycles. The molecule has 1 unspecified atom stereocenters. The van der Waals surface area contributed by atoms with Gasteiger partial charge in [0.15, 0.2) is 0 Å². The highest BCUT2D eigenvalue weighted by molar-refractivity contribution is 5.96. The normalized spacial score (nSPS) is 16.1. The topological polar surface area (TPSA) is 29.1 Å². The number of carbonyl (C=O) groups excluding carboxylic acids is 1. The van der Waals surface area contributed by atoms with Gasteiger partial charge in [-0.1, -0.05) is 54.6 Å². The molecule has 1 amide bonds. The summed E-state index contributed by atoms with van der Waals surface area (Å²) in [6.07, 6.45) is 7.12. The summed E-state index contributed by atoms with van der Waals surface area (Å²) >= 11 is 0. The summed E-state index contributed by atoms with van der Waals surface area (Å²) in [5, 5.41) is 5.54. The average molecular weight is 263 g/mol. The maximum atomic E-state index is 11.9. The highest BCUT2D eigenvalue weighted by atomic mass is 16.1. The molecular weight excluding hydrogens is 246 g/mol. The van der Waals surface area contributed by atoms with Gasteiger partial charge in [-0.3, -0.25) is 4.79 Å². The lowest BCUT2D eigenvalue weighted by molar-refractivity contribution is -0.121. The van der Waals surface area contributed by atoms with Crippen molar-refractivity contribution in [1.29, 1.82) is 0 Å². The first-order valence-corrected chi connectivity index (χ1v) is 6.89. The van der Waals surface area contributed by atoms with Crippen LogP contribution in [0.1, 0.15) is 30.0 Å². The minimum Gasteiger partial charge on any atom is -0.346 e. The summed E-state index contributed by atoms with van der Waals surface area (Å²) in [5.41, 5.74) is 2.39. The number of amides is 1. The third-order valence-electron chi connectivity index (χ3n) is 3.66. The van der Waals surface area contributed by atoms with Crippen molar-refractivity contribution >= 4 is 22.8 Å². The van der Waals surface area contributed by atoms with E-state index in [-0.39, 0.29) is 11.9 Å². The first-order valence-electron chi connectivity index (χ1n) is 6.89. The molecule has 1 N–H and O–H groups in total. The minimum atomic E-state index is -0.0362. The predicted molar refractivity (Wildman–Crippen MR) is 83.3 cm³/mol. The van der Waals surface area contributed by atoms with Crippen LogP contribution in [0.25, 0.3) is 16.8 Å². The van der Waals surface area contributed by atoms with E-state index in [2.05, 4.69) is 54.4 Å². The van der Waals surface area contributed by atoms with Gasteiger partial charge in [0.2, 0.25) is 5.91 Å². The van der Waals surface area contributed by atoms with Crippen molar-refractivity contribution in [2.24, 2.45) is 0 Å². The number of allylic oxidation sites excluding steroid dienone is 1. The maximum Gasteiger partial charge on any atom is 0.221 e. The van der Waals surface area contributed by atoms with Crippen LogP contribution in [0.15, 0.2) is 55.1 Å². The summed E-state index contributed by atoms with van der Waals surface area (Å²) in [7, 11) is 0. The van der Waals surface area contributed by atoms with E-state index in [1.807, 2.05) is 6.07 Å². The fraction of sp³-hybridized carbons (Fsp3) is 0.167. The molecule has 0 bridgehead atoms. The fourth-order valence-corrected chi connectivity index (χ4v) is 2.71. The van der Waals surface area contributed by atoms with Crippen molar-refractivity contribution in [1.82, 2.24) is 5.32 Å². The van der Waals surface area contributed by atoms with Gasteiger partial charge in [0.05, 0.1) is 6.04 Å². The van der Waals surface area contributed by atoms with Crippen molar-refractivity contribution in [2.45, 2.75) is 18.9 Å². The van der Waals surface area contributed by atoms with E-state index < -0.39 is 0 Å². The summed E-state index contributed by atoms with van der Waals surface area (Å²) in [4.78, 5) is 11.9. The standard InChI is InChI=1S/C18H17NO/c1-2-3-10-17(20)19-16-12-11-14-7-4-6-13-8-5-9-15(16)18(13)14/h2,4-9,11-12,16H,1,3,10H2,(H,19,20). The second kappa shape index (κ2) is 5.33. The van der Waals surface area contributed by atoms with Gasteiger partial charge in [0, 0.05) is 6.42 Å². The molecule has 0 fully saturated rings. The minimum absolute atomic E-state index is 0.0362. The quantitative estimate of drug-likeness (QED) is 0.830. The van der Waals surface area contributed by atoms with Crippen LogP contribution < -0.4 is 5.32 Å². The molecule has 1 aliphatic rings. The van der Waals surface area contributed by atoms with E-state index >= 15 is 0 Å². The van der Waals surface area contributed by atoms with Crippen LogP contribution in [0.4, 0.5) is 0 Å². The van der Waals surface area contributed by atoms with E-state index in [0.29, 0.717) is 12.8 Å². The van der Waals surface area contributed by atoms with Gasteiger partial charge in [-0.05, 0) is 28.3 Å². The number of rotatable bonds is 4. The maximum absolute atomic E-state index is 11.9. The van der Waals surface area contributed by atoms with Crippen LogP contribution in [-0.2, 0) is 4.79 Å². The largest absolute Gasteiger partial charge is 0.346 e. The van der Waals surface area contributed by atoms with Gasteiger partial charge in [-0.2, -0.15) is 0 Å². The molecule has 0 saturated heterocycles. The molecule has 0 aliphatic heterocycles. The molecule has 100 valence electrons. The molecule has 2 heteroatoms. The molecule has 3 rings (SSSR count). The average Bonchev–Trinajstić information content (AvgIpc) is 2.48. The summed E-state index contributed by atoms with van der Waals surface area (Å²) in [6.45, 7) is 3.65. The zero-order valence-electron chi connectivity index (χ0n) is 11.3. The molecule has 0 radical (unpaired) electrons. The smallest absolute Gasteiger partial charge is 0.221 e. The van der Waals surface area contributed by atoms with E-state index in [4.69, 9.17) is 0 Å². The third kappa shape index (κ3) is 2.25. The molecule has 20 heavy (non-hydrogen) atoms. The zero-order chi connectivity index (χ0) is 13.9. The number of hydrogen-bond donors (Lipinski definition) is 1. The molecule has 0 heterocycles. The highest BCUT2D eigenvalue weighted by Gasteiger charge is 2.18. The van der Waals surface area contributed by atoms with Crippen LogP contribution in [0.2, 0.25) is 0 Å². The predicted octanol–water partition coefficient (Wildman–Crippen LogP) is 3.99. The van der Waals surface area contributed by atoms with Gasteiger partial charge in [-0.25, -0.2) is 0 Å². The van der Waals surface area contributed by atoms with Gasteiger partial charge in [0.25, 0.3) is 0 Å². The van der Waals surface area contributed by atoms with Crippen molar-refractivity contribution in [3.8, 4) is 0 Å². The van der Waals surface area contributed by atoms with Crippen LogP contribution in [0.3, 0.4) is 0 Å². The van der Waals surface area contributed by atoms with E-state index in [1.165, 1.54) is 21.9 Å². The monoisotopic (exact) mass is 263 g/mol. The van der Waals surface area contributed by atoms with Crippen LogP contribution in [0.5, 0.6) is 0 Å². The van der Waals surface area contributed by atoms with Crippen molar-refractivity contribution in [3.05, 3.63) is 66.3 Å². The summed E-state index contributed by atoms with van der Waals surface area (Å²) in [6, 6.07) is 12.5. The van der Waals surface area contributed by atoms with Crippen LogP contribution in [0, 0.1) is 0 Å². The number of hydrogen-bond acceptors (Lipinski definition) is 1. The molecule has 1 atom stereocenters. The first kappa shape index (κ1) is 12.7. The Labute approximate surface area is 118 Å². The van der Waals surface area contributed by atoms with Crippen LogP contribution >= 0.6 is 0 Å². The third-order valence-corrected chi connectivity index (χ3v) is 3.66. The van der Waals surface area contributed by atoms with Gasteiger partial charge in [0.1, 0.15) is 0 Å².